The summed E-state index contributed by atoms with van der Waals surface area (Å²) in [7, 11) is 0. The van der Waals surface area contributed by atoms with E-state index < -0.39 is 0 Å². The molecule has 2 aromatic rings. The fraction of sp³-hybridized carbons (Fsp3) is 0.188. The molecular weight excluding hydrogens is 293 g/mol. The van der Waals surface area contributed by atoms with Gasteiger partial charge in [-0.1, -0.05) is 60.5 Å². The van der Waals surface area contributed by atoms with Crippen LogP contribution in [0.4, 0.5) is 5.69 Å². The van der Waals surface area contributed by atoms with E-state index in [0.29, 0.717) is 22.2 Å². The molecule has 0 aliphatic carbocycles. The summed E-state index contributed by atoms with van der Waals surface area (Å²) in [6, 6.07) is 14.7. The molecule has 2 rings (SSSR count). The molecule has 0 aliphatic rings. The number of anilines is 1. The minimum atomic E-state index is -0.203. The van der Waals surface area contributed by atoms with Crippen molar-refractivity contribution in [2.45, 2.75) is 19.3 Å². The fourth-order valence-corrected chi connectivity index (χ4v) is 2.41. The van der Waals surface area contributed by atoms with Gasteiger partial charge in [-0.3, -0.25) is 4.79 Å². The maximum atomic E-state index is 12.4. The molecular formula is C16H15Cl2NO. The molecule has 2 nitrogen and oxygen atoms in total. The van der Waals surface area contributed by atoms with Crippen LogP contribution >= 0.6 is 23.2 Å². The van der Waals surface area contributed by atoms with E-state index in [-0.39, 0.29) is 11.8 Å². The molecule has 0 fully saturated rings. The Morgan fingerprint density at radius 2 is 1.85 bits per heavy atom. The first-order valence-corrected chi connectivity index (χ1v) is 7.18. The quantitative estimate of drug-likeness (QED) is 0.834. The number of halogens is 2. The topological polar surface area (TPSA) is 29.1 Å². The lowest BCUT2D eigenvalue weighted by atomic mass is 9.95. The number of carbonyl (C=O) groups excluding carboxylic acids is 1. The van der Waals surface area contributed by atoms with Gasteiger partial charge in [0.25, 0.3) is 0 Å². The molecule has 0 aromatic heterocycles. The molecule has 0 saturated carbocycles. The SMILES string of the molecule is CC[C@@H](C(=O)Nc1cc(Cl)ccc1Cl)c1ccccc1. The van der Waals surface area contributed by atoms with Gasteiger partial charge in [0.2, 0.25) is 5.91 Å². The highest BCUT2D eigenvalue weighted by Gasteiger charge is 2.19. The van der Waals surface area contributed by atoms with Crippen LogP contribution in [0, 0.1) is 0 Å². The lowest BCUT2D eigenvalue weighted by Gasteiger charge is -2.16. The fourth-order valence-electron chi connectivity index (χ4n) is 2.07. The molecule has 4 heteroatoms. The van der Waals surface area contributed by atoms with E-state index in [2.05, 4.69) is 5.32 Å². The van der Waals surface area contributed by atoms with Crippen molar-refractivity contribution in [1.82, 2.24) is 0 Å². The number of hydrogen-bond acceptors (Lipinski definition) is 1. The molecule has 20 heavy (non-hydrogen) atoms. The Bertz CT molecular complexity index is 599. The van der Waals surface area contributed by atoms with Crippen molar-refractivity contribution in [1.29, 1.82) is 0 Å². The lowest BCUT2D eigenvalue weighted by molar-refractivity contribution is -0.117. The molecule has 1 amide bonds. The maximum absolute atomic E-state index is 12.4. The van der Waals surface area contributed by atoms with E-state index in [1.165, 1.54) is 0 Å². The molecule has 104 valence electrons. The third kappa shape index (κ3) is 3.53. The summed E-state index contributed by atoms with van der Waals surface area (Å²) in [6.07, 6.45) is 0.716. The van der Waals surface area contributed by atoms with Crippen LogP contribution in [-0.4, -0.2) is 5.91 Å². The molecule has 1 atom stereocenters. The molecule has 0 heterocycles. The molecule has 1 N–H and O–H groups in total. The number of benzene rings is 2. The summed E-state index contributed by atoms with van der Waals surface area (Å²) in [5.41, 5.74) is 1.53. The second-order valence-electron chi connectivity index (χ2n) is 4.48. The molecule has 0 unspecified atom stereocenters. The average molecular weight is 308 g/mol. The Hall–Kier alpha value is -1.51. The van der Waals surface area contributed by atoms with Gasteiger partial charge in [0.1, 0.15) is 0 Å². The van der Waals surface area contributed by atoms with Crippen molar-refractivity contribution in [3.63, 3.8) is 0 Å². The van der Waals surface area contributed by atoms with E-state index in [1.54, 1.807) is 18.2 Å². The van der Waals surface area contributed by atoms with E-state index in [0.717, 1.165) is 5.56 Å². The second kappa shape index (κ2) is 6.78. The highest BCUT2D eigenvalue weighted by Crippen LogP contribution is 2.28. The summed E-state index contributed by atoms with van der Waals surface area (Å²) in [5.74, 6) is -0.283. The molecule has 0 saturated heterocycles. The van der Waals surface area contributed by atoms with Crippen molar-refractivity contribution >= 4 is 34.8 Å². The van der Waals surface area contributed by atoms with Gasteiger partial charge in [-0.25, -0.2) is 0 Å². The first-order valence-electron chi connectivity index (χ1n) is 6.42. The standard InChI is InChI=1S/C16H15Cl2NO/c1-2-13(11-6-4-3-5-7-11)16(20)19-15-10-12(17)8-9-14(15)18/h3-10,13H,2H2,1H3,(H,19,20)/t13-/m1/s1. The lowest BCUT2D eigenvalue weighted by Crippen LogP contribution is -2.20. The third-order valence-electron chi connectivity index (χ3n) is 3.11. The summed E-state index contributed by atoms with van der Waals surface area (Å²) >= 11 is 12.0. The normalized spacial score (nSPS) is 11.9. The number of nitrogens with one attached hydrogen (secondary N) is 1. The highest BCUT2D eigenvalue weighted by molar-refractivity contribution is 6.35. The van der Waals surface area contributed by atoms with E-state index in [9.17, 15) is 4.79 Å². The van der Waals surface area contributed by atoms with Gasteiger partial charge in [-0.15, -0.1) is 0 Å². The number of carbonyl (C=O) groups is 1. The minimum Gasteiger partial charge on any atom is -0.324 e. The van der Waals surface area contributed by atoms with E-state index >= 15 is 0 Å². The Morgan fingerprint density at radius 1 is 1.15 bits per heavy atom. The Balaban J connectivity index is 2.20. The molecule has 0 aliphatic heterocycles. The van der Waals surface area contributed by atoms with Gasteiger partial charge in [-0.05, 0) is 30.2 Å². The highest BCUT2D eigenvalue weighted by atomic mass is 35.5. The second-order valence-corrected chi connectivity index (χ2v) is 5.33. The summed E-state index contributed by atoms with van der Waals surface area (Å²) < 4.78 is 0. The predicted octanol–water partition coefficient (Wildman–Crippen LogP) is 5.13. The minimum absolute atomic E-state index is 0.0807. The zero-order valence-electron chi connectivity index (χ0n) is 11.1. The van der Waals surface area contributed by atoms with Crippen molar-refractivity contribution in [2.24, 2.45) is 0 Å². The van der Waals surface area contributed by atoms with Gasteiger partial charge in [-0.2, -0.15) is 0 Å². The van der Waals surface area contributed by atoms with Crippen LogP contribution in [0.5, 0.6) is 0 Å². The smallest absolute Gasteiger partial charge is 0.231 e. The summed E-state index contributed by atoms with van der Waals surface area (Å²) in [4.78, 5) is 12.4. The van der Waals surface area contributed by atoms with Gasteiger partial charge < -0.3 is 5.32 Å². The molecule has 0 spiro atoms. The first-order chi connectivity index (χ1) is 9.61. The average Bonchev–Trinajstić information content (AvgIpc) is 2.45. The van der Waals surface area contributed by atoms with Crippen LogP contribution in [0.3, 0.4) is 0 Å². The van der Waals surface area contributed by atoms with Crippen molar-refractivity contribution in [2.75, 3.05) is 5.32 Å². The van der Waals surface area contributed by atoms with Crippen LogP contribution in [0.1, 0.15) is 24.8 Å². The zero-order valence-corrected chi connectivity index (χ0v) is 12.6. The summed E-state index contributed by atoms with van der Waals surface area (Å²) in [5, 5.41) is 3.86. The van der Waals surface area contributed by atoms with Gasteiger partial charge in [0, 0.05) is 5.02 Å². The van der Waals surface area contributed by atoms with Gasteiger partial charge in [0.05, 0.1) is 16.6 Å². The van der Waals surface area contributed by atoms with E-state index in [4.69, 9.17) is 23.2 Å². The van der Waals surface area contributed by atoms with Crippen LogP contribution in [-0.2, 0) is 4.79 Å². The van der Waals surface area contributed by atoms with Crippen LogP contribution < -0.4 is 5.32 Å². The van der Waals surface area contributed by atoms with Crippen molar-refractivity contribution in [3.8, 4) is 0 Å². The van der Waals surface area contributed by atoms with Crippen LogP contribution in [0.2, 0.25) is 10.0 Å². The largest absolute Gasteiger partial charge is 0.324 e. The molecule has 2 aromatic carbocycles. The first kappa shape index (κ1) is 14.9. The maximum Gasteiger partial charge on any atom is 0.231 e. The third-order valence-corrected chi connectivity index (χ3v) is 3.68. The van der Waals surface area contributed by atoms with Crippen LogP contribution in [0.25, 0.3) is 0 Å². The van der Waals surface area contributed by atoms with Gasteiger partial charge in [0.15, 0.2) is 0 Å². The van der Waals surface area contributed by atoms with Crippen molar-refractivity contribution in [3.05, 3.63) is 64.1 Å². The molecule has 0 bridgehead atoms. The summed E-state index contributed by atoms with van der Waals surface area (Å²) in [6.45, 7) is 1.98. The Morgan fingerprint density at radius 3 is 2.50 bits per heavy atom. The zero-order chi connectivity index (χ0) is 14.5. The number of rotatable bonds is 4. The monoisotopic (exact) mass is 307 g/mol. The Kier molecular flexibility index (Phi) is 5.05. The van der Waals surface area contributed by atoms with Crippen molar-refractivity contribution < 1.29 is 4.79 Å². The number of amides is 1. The predicted molar refractivity (Wildman–Crippen MR) is 84.6 cm³/mol. The Labute approximate surface area is 128 Å². The van der Waals surface area contributed by atoms with Crippen LogP contribution in [0.15, 0.2) is 48.5 Å². The van der Waals surface area contributed by atoms with Gasteiger partial charge >= 0.3 is 0 Å². The molecule has 0 radical (unpaired) electrons. The van der Waals surface area contributed by atoms with E-state index in [1.807, 2.05) is 37.3 Å². The number of hydrogen-bond donors (Lipinski definition) is 1.